The van der Waals surface area contributed by atoms with Crippen molar-refractivity contribution < 1.29 is 0 Å². The van der Waals surface area contributed by atoms with Gasteiger partial charge in [0, 0.05) is 54.2 Å². The quantitative estimate of drug-likeness (QED) is 0.172. The number of para-hydroxylation sites is 2. The molecule has 0 unspecified atom stereocenters. The van der Waals surface area contributed by atoms with Gasteiger partial charge in [0.1, 0.15) is 0 Å². The largest absolute Gasteiger partial charge is 0.307 e. The van der Waals surface area contributed by atoms with E-state index in [0.29, 0.717) is 0 Å². The highest BCUT2D eigenvalue weighted by Crippen LogP contribution is 2.54. The standard InChI is InChI=1S/C54H32N2/c1-5-15-33(16-6-1)37-27-29-41-45(31-37)55-51-39(35-19-9-3-10-20-35)23-13-25-43(51)50-48-42-30-28-38(34-17-7-2-8-18-34)32-46(42)56-52-40(36-21-11-4-12-22-36)24-14-26-44(52)49(54(48)56)47(41)53(50)55/h1-32H. The molecule has 2 heteroatoms. The highest BCUT2D eigenvalue weighted by atomic mass is 14.9. The molecule has 4 heterocycles. The average Bonchev–Trinajstić information content (AvgIpc) is 4.00. The van der Waals surface area contributed by atoms with E-state index in [-0.39, 0.29) is 0 Å². The zero-order valence-corrected chi connectivity index (χ0v) is 30.4. The van der Waals surface area contributed by atoms with Crippen LogP contribution in [0.25, 0.3) is 121 Å². The highest BCUT2D eigenvalue weighted by Gasteiger charge is 2.30. The van der Waals surface area contributed by atoms with Gasteiger partial charge in [-0.05, 0) is 45.5 Å². The topological polar surface area (TPSA) is 8.82 Å². The minimum Gasteiger partial charge on any atom is -0.307 e. The smallest absolute Gasteiger partial charge is 0.0634 e. The van der Waals surface area contributed by atoms with Gasteiger partial charge in [0.15, 0.2) is 0 Å². The molecule has 4 aromatic heterocycles. The summed E-state index contributed by atoms with van der Waals surface area (Å²) in [6.45, 7) is 0. The van der Waals surface area contributed by atoms with Crippen LogP contribution in [0.4, 0.5) is 0 Å². The number of benzene rings is 9. The van der Waals surface area contributed by atoms with E-state index in [9.17, 15) is 0 Å². The average molecular weight is 709 g/mol. The van der Waals surface area contributed by atoms with Gasteiger partial charge in [-0.1, -0.05) is 182 Å². The monoisotopic (exact) mass is 708 g/mol. The molecular weight excluding hydrogens is 677 g/mol. The Balaban J connectivity index is 1.32. The predicted octanol–water partition coefficient (Wildman–Crippen LogP) is 14.7. The normalized spacial score (nSPS) is 12.3. The van der Waals surface area contributed by atoms with E-state index in [4.69, 9.17) is 0 Å². The van der Waals surface area contributed by atoms with Gasteiger partial charge < -0.3 is 8.80 Å². The van der Waals surface area contributed by atoms with Gasteiger partial charge in [0.25, 0.3) is 0 Å². The summed E-state index contributed by atoms with van der Waals surface area (Å²) in [6, 6.07) is 71.5. The molecular formula is C54H32N2. The Kier molecular flexibility index (Phi) is 5.92. The first-order valence-electron chi connectivity index (χ1n) is 19.4. The summed E-state index contributed by atoms with van der Waals surface area (Å²) in [5.41, 5.74) is 17.4. The number of nitrogens with zero attached hydrogens (tertiary/aromatic N) is 2. The van der Waals surface area contributed by atoms with Crippen molar-refractivity contribution in [3.8, 4) is 44.5 Å². The predicted molar refractivity (Wildman–Crippen MR) is 238 cm³/mol. The van der Waals surface area contributed by atoms with Gasteiger partial charge in [-0.25, -0.2) is 0 Å². The number of aromatic nitrogens is 2. The minimum atomic E-state index is 1.22. The van der Waals surface area contributed by atoms with E-state index in [1.807, 2.05) is 0 Å². The van der Waals surface area contributed by atoms with Crippen LogP contribution in [-0.4, -0.2) is 8.80 Å². The van der Waals surface area contributed by atoms with Crippen LogP contribution in [0.3, 0.4) is 0 Å². The first-order chi connectivity index (χ1) is 27.8. The third kappa shape index (κ3) is 3.85. The van der Waals surface area contributed by atoms with Crippen LogP contribution in [0.15, 0.2) is 194 Å². The van der Waals surface area contributed by atoms with E-state index in [0.717, 1.165) is 0 Å². The van der Waals surface area contributed by atoms with E-state index >= 15 is 0 Å². The van der Waals surface area contributed by atoms with Gasteiger partial charge in [0.2, 0.25) is 0 Å². The Bertz CT molecular complexity index is 3410. The van der Waals surface area contributed by atoms with Crippen LogP contribution in [0, 0.1) is 0 Å². The maximum Gasteiger partial charge on any atom is 0.0634 e. The Hall–Kier alpha value is -7.42. The summed E-state index contributed by atoms with van der Waals surface area (Å²) in [5.74, 6) is 0. The maximum atomic E-state index is 2.61. The summed E-state index contributed by atoms with van der Waals surface area (Å²) in [7, 11) is 0. The van der Waals surface area contributed by atoms with Crippen LogP contribution >= 0.6 is 0 Å². The van der Waals surface area contributed by atoms with Crippen molar-refractivity contribution in [2.45, 2.75) is 0 Å². The van der Waals surface area contributed by atoms with Crippen molar-refractivity contribution in [2.24, 2.45) is 0 Å². The second kappa shape index (κ2) is 11.1. The fourth-order valence-electron chi connectivity index (χ4n) is 10.1. The molecule has 13 aromatic rings. The fourth-order valence-corrected chi connectivity index (χ4v) is 10.1. The molecule has 0 saturated heterocycles. The van der Waals surface area contributed by atoms with Crippen molar-refractivity contribution in [3.05, 3.63) is 194 Å². The van der Waals surface area contributed by atoms with Crippen molar-refractivity contribution in [3.63, 3.8) is 0 Å². The SMILES string of the molecule is c1ccc(-c2ccc3c4c5c6cccc(-c7ccccc7)c6n6c7cc(-c8ccccc8)ccc7c(c7c8cccc(-c9ccccc9)c8n(c3c2)c47)c56)cc1. The van der Waals surface area contributed by atoms with Gasteiger partial charge in [-0.3, -0.25) is 0 Å². The lowest BCUT2D eigenvalue weighted by Gasteiger charge is -2.08. The van der Waals surface area contributed by atoms with Crippen molar-refractivity contribution in [1.29, 1.82) is 0 Å². The van der Waals surface area contributed by atoms with Crippen molar-refractivity contribution >= 4 is 76.2 Å². The highest BCUT2D eigenvalue weighted by molar-refractivity contribution is 6.46. The number of hydrogen-bond donors (Lipinski definition) is 0. The zero-order valence-electron chi connectivity index (χ0n) is 30.4. The first-order valence-corrected chi connectivity index (χ1v) is 19.4. The molecule has 258 valence electrons. The Morgan fingerprint density at radius 1 is 0.232 bits per heavy atom. The van der Waals surface area contributed by atoms with Crippen LogP contribution in [0.1, 0.15) is 0 Å². The molecule has 0 radical (unpaired) electrons. The number of fused-ring (bicyclic) bond motifs is 14. The van der Waals surface area contributed by atoms with E-state index in [1.165, 1.54) is 121 Å². The molecule has 0 bridgehead atoms. The number of hydrogen-bond acceptors (Lipinski definition) is 0. The third-order valence-electron chi connectivity index (χ3n) is 12.4. The summed E-state index contributed by atoms with van der Waals surface area (Å²) >= 11 is 0. The lowest BCUT2D eigenvalue weighted by atomic mass is 9.94. The van der Waals surface area contributed by atoms with E-state index in [1.54, 1.807) is 0 Å². The third-order valence-corrected chi connectivity index (χ3v) is 12.4. The molecule has 0 amide bonds. The van der Waals surface area contributed by atoms with Crippen LogP contribution < -0.4 is 0 Å². The van der Waals surface area contributed by atoms with Crippen LogP contribution in [0.2, 0.25) is 0 Å². The van der Waals surface area contributed by atoms with Crippen LogP contribution in [0.5, 0.6) is 0 Å². The Morgan fingerprint density at radius 2 is 0.589 bits per heavy atom. The van der Waals surface area contributed by atoms with E-state index < -0.39 is 0 Å². The molecule has 2 nitrogen and oxygen atoms in total. The fraction of sp³-hybridized carbons (Fsp3) is 0. The second-order valence-corrected chi connectivity index (χ2v) is 15.2. The molecule has 0 spiro atoms. The zero-order chi connectivity index (χ0) is 36.5. The Morgan fingerprint density at radius 3 is 0.982 bits per heavy atom. The summed E-state index contributed by atoms with van der Waals surface area (Å²) in [4.78, 5) is 0. The summed E-state index contributed by atoms with van der Waals surface area (Å²) in [5, 5.41) is 10.5. The molecule has 0 N–H and O–H groups in total. The Labute approximate surface area is 322 Å². The molecule has 0 aliphatic heterocycles. The molecule has 0 saturated carbocycles. The number of rotatable bonds is 4. The van der Waals surface area contributed by atoms with Crippen molar-refractivity contribution in [2.75, 3.05) is 0 Å². The molecule has 56 heavy (non-hydrogen) atoms. The van der Waals surface area contributed by atoms with E-state index in [2.05, 4.69) is 203 Å². The molecule has 0 fully saturated rings. The molecule has 0 aliphatic carbocycles. The van der Waals surface area contributed by atoms with Gasteiger partial charge in [0.05, 0.1) is 33.1 Å². The summed E-state index contributed by atoms with van der Waals surface area (Å²) in [6.07, 6.45) is 0. The lowest BCUT2D eigenvalue weighted by molar-refractivity contribution is 1.37. The lowest BCUT2D eigenvalue weighted by Crippen LogP contribution is -1.86. The van der Waals surface area contributed by atoms with Crippen LogP contribution in [-0.2, 0) is 0 Å². The molecule has 9 aromatic carbocycles. The maximum absolute atomic E-state index is 2.61. The summed E-state index contributed by atoms with van der Waals surface area (Å²) < 4.78 is 5.22. The van der Waals surface area contributed by atoms with Gasteiger partial charge in [-0.15, -0.1) is 0 Å². The molecule has 0 atom stereocenters. The molecule has 13 rings (SSSR count). The molecule has 0 aliphatic rings. The second-order valence-electron chi connectivity index (χ2n) is 15.2. The minimum absolute atomic E-state index is 1.22. The van der Waals surface area contributed by atoms with Crippen molar-refractivity contribution in [1.82, 2.24) is 8.80 Å². The van der Waals surface area contributed by atoms with Gasteiger partial charge >= 0.3 is 0 Å². The first kappa shape index (κ1) is 30.0. The van der Waals surface area contributed by atoms with Gasteiger partial charge in [-0.2, -0.15) is 0 Å².